The summed E-state index contributed by atoms with van der Waals surface area (Å²) in [5.41, 5.74) is 2.23. The number of benzene rings is 2. The number of piperazine rings is 1. The van der Waals surface area contributed by atoms with Gasteiger partial charge in [-0.3, -0.25) is 4.79 Å². The van der Waals surface area contributed by atoms with E-state index >= 15 is 0 Å². The minimum atomic E-state index is 0.00479. The van der Waals surface area contributed by atoms with Gasteiger partial charge in [0.15, 0.2) is 0 Å². The molecule has 35 heavy (non-hydrogen) atoms. The average molecular weight is 512 g/mol. The number of hydrogen-bond acceptors (Lipinski definition) is 7. The topological polar surface area (TPSA) is 61.8 Å². The van der Waals surface area contributed by atoms with Crippen molar-refractivity contribution in [1.82, 2.24) is 14.3 Å². The number of carbonyl (C=O) groups excluding carboxylic acids is 1. The second-order valence-corrected chi connectivity index (χ2v) is 10.2. The summed E-state index contributed by atoms with van der Waals surface area (Å²) in [7, 11) is 1.70. The van der Waals surface area contributed by atoms with Crippen LogP contribution < -0.4 is 14.5 Å². The first kappa shape index (κ1) is 23.9. The molecule has 0 radical (unpaired) electrons. The summed E-state index contributed by atoms with van der Waals surface area (Å²) < 4.78 is 10.1. The highest BCUT2D eigenvalue weighted by atomic mass is 35.5. The quantitative estimate of drug-likeness (QED) is 0.490. The zero-order valence-corrected chi connectivity index (χ0v) is 21.5. The highest BCUT2D eigenvalue weighted by Crippen LogP contribution is 2.30. The summed E-state index contributed by atoms with van der Waals surface area (Å²) in [6.07, 6.45) is 2.60. The molecule has 0 bridgehead atoms. The number of methoxy groups -OCH3 is 1. The van der Waals surface area contributed by atoms with E-state index in [9.17, 15) is 4.79 Å². The lowest BCUT2D eigenvalue weighted by Crippen LogP contribution is -2.52. The van der Waals surface area contributed by atoms with Gasteiger partial charge in [-0.2, -0.15) is 4.37 Å². The molecule has 5 rings (SSSR count). The molecule has 2 fully saturated rings. The van der Waals surface area contributed by atoms with Crippen LogP contribution in [0.2, 0.25) is 5.02 Å². The largest absolute Gasteiger partial charge is 0.495 e. The normalized spacial score (nSPS) is 18.6. The molecular weight excluding hydrogens is 482 g/mol. The third kappa shape index (κ3) is 5.54. The van der Waals surface area contributed by atoms with E-state index in [1.807, 2.05) is 47.4 Å². The second kappa shape index (κ2) is 10.8. The van der Waals surface area contributed by atoms with Gasteiger partial charge in [-0.25, -0.2) is 4.98 Å². The number of piperidine rings is 1. The summed E-state index contributed by atoms with van der Waals surface area (Å²) in [5, 5.41) is 1.64. The molecule has 184 valence electrons. The monoisotopic (exact) mass is 511 g/mol. The van der Waals surface area contributed by atoms with E-state index in [0.29, 0.717) is 13.0 Å². The molecule has 1 unspecified atom stereocenters. The van der Waals surface area contributed by atoms with E-state index in [1.165, 1.54) is 11.5 Å². The zero-order chi connectivity index (χ0) is 24.2. The molecule has 3 heterocycles. The van der Waals surface area contributed by atoms with Crippen molar-refractivity contribution in [3.8, 4) is 5.75 Å². The summed E-state index contributed by atoms with van der Waals surface area (Å²) >= 11 is 7.41. The minimum Gasteiger partial charge on any atom is -0.495 e. The number of aromatic nitrogens is 2. The highest BCUT2D eigenvalue weighted by molar-refractivity contribution is 7.09. The second-order valence-electron chi connectivity index (χ2n) is 9.07. The number of rotatable bonds is 6. The molecule has 1 amide bonds. The van der Waals surface area contributed by atoms with Crippen LogP contribution in [0.1, 0.15) is 24.2 Å². The molecule has 9 heteroatoms. The SMILES string of the molecule is COc1ccccc1N1CCN(C(=O)C2CCCN(c3nc(Cc4ccc(Cl)cc4)ns3)C2)CC1. The van der Waals surface area contributed by atoms with Crippen LogP contribution in [0.25, 0.3) is 0 Å². The molecule has 7 nitrogen and oxygen atoms in total. The van der Waals surface area contributed by atoms with E-state index in [0.717, 1.165) is 78.5 Å². The number of ether oxygens (including phenoxy) is 1. The fraction of sp³-hybridized carbons (Fsp3) is 0.423. The first-order valence-corrected chi connectivity index (χ1v) is 13.2. The molecule has 0 aliphatic carbocycles. The van der Waals surface area contributed by atoms with E-state index in [2.05, 4.69) is 20.2 Å². The number of para-hydroxylation sites is 2. The lowest BCUT2D eigenvalue weighted by atomic mass is 9.96. The fourth-order valence-electron chi connectivity index (χ4n) is 4.90. The van der Waals surface area contributed by atoms with Crippen molar-refractivity contribution < 1.29 is 9.53 Å². The van der Waals surface area contributed by atoms with Crippen LogP contribution in [-0.2, 0) is 11.2 Å². The molecular formula is C26H30ClN5O2S. The standard InChI is InChI=1S/C26H30ClN5O2S/c1-34-23-7-3-2-6-22(23)30-13-15-31(16-14-30)25(33)20-5-4-12-32(18-20)26-28-24(29-35-26)17-19-8-10-21(27)11-9-19/h2-3,6-11,20H,4-5,12-18H2,1H3. The van der Waals surface area contributed by atoms with Crippen molar-refractivity contribution in [3.05, 3.63) is 64.9 Å². The Morgan fingerprint density at radius 2 is 1.83 bits per heavy atom. The van der Waals surface area contributed by atoms with Gasteiger partial charge in [0.05, 0.1) is 18.7 Å². The molecule has 1 aromatic heterocycles. The Labute approximate surface area is 215 Å². The first-order chi connectivity index (χ1) is 17.1. The Morgan fingerprint density at radius 1 is 1.06 bits per heavy atom. The van der Waals surface area contributed by atoms with Crippen LogP contribution in [0.4, 0.5) is 10.8 Å². The van der Waals surface area contributed by atoms with Gasteiger partial charge in [-0.1, -0.05) is 35.9 Å². The Hall–Kier alpha value is -2.84. The fourth-order valence-corrected chi connectivity index (χ4v) is 5.75. The molecule has 1 atom stereocenters. The number of nitrogens with zero attached hydrogens (tertiary/aromatic N) is 5. The van der Waals surface area contributed by atoms with Crippen molar-refractivity contribution in [2.75, 3.05) is 56.2 Å². The van der Waals surface area contributed by atoms with E-state index < -0.39 is 0 Å². The molecule has 0 saturated carbocycles. The number of carbonyl (C=O) groups is 1. The van der Waals surface area contributed by atoms with Gasteiger partial charge in [-0.05, 0) is 42.7 Å². The maximum atomic E-state index is 13.4. The van der Waals surface area contributed by atoms with Crippen LogP contribution in [0.15, 0.2) is 48.5 Å². The van der Waals surface area contributed by atoms with Crippen molar-refractivity contribution in [3.63, 3.8) is 0 Å². The van der Waals surface area contributed by atoms with Gasteiger partial charge in [0.2, 0.25) is 11.0 Å². The van der Waals surface area contributed by atoms with E-state index in [1.54, 1.807) is 7.11 Å². The molecule has 2 saturated heterocycles. The van der Waals surface area contributed by atoms with Crippen molar-refractivity contribution >= 4 is 39.9 Å². The van der Waals surface area contributed by atoms with Gasteiger partial charge in [0.1, 0.15) is 11.6 Å². The lowest BCUT2D eigenvalue weighted by Gasteiger charge is -2.39. The smallest absolute Gasteiger partial charge is 0.227 e. The van der Waals surface area contributed by atoms with E-state index in [-0.39, 0.29) is 11.8 Å². The van der Waals surface area contributed by atoms with Crippen LogP contribution >= 0.6 is 23.1 Å². The molecule has 2 aliphatic heterocycles. The van der Waals surface area contributed by atoms with Crippen LogP contribution in [-0.4, -0.2) is 66.5 Å². The lowest BCUT2D eigenvalue weighted by molar-refractivity contribution is -0.136. The Morgan fingerprint density at radius 3 is 2.60 bits per heavy atom. The van der Waals surface area contributed by atoms with Crippen LogP contribution in [0, 0.1) is 5.92 Å². The minimum absolute atomic E-state index is 0.00479. The predicted molar refractivity (Wildman–Crippen MR) is 141 cm³/mol. The highest BCUT2D eigenvalue weighted by Gasteiger charge is 2.32. The molecule has 0 spiro atoms. The van der Waals surface area contributed by atoms with Crippen molar-refractivity contribution in [2.45, 2.75) is 19.3 Å². The Balaban J connectivity index is 1.17. The van der Waals surface area contributed by atoms with Gasteiger partial charge >= 0.3 is 0 Å². The Bertz CT molecular complexity index is 1150. The van der Waals surface area contributed by atoms with Gasteiger partial charge in [-0.15, -0.1) is 0 Å². The number of amides is 1. The van der Waals surface area contributed by atoms with E-state index in [4.69, 9.17) is 21.3 Å². The molecule has 2 aromatic carbocycles. The third-order valence-electron chi connectivity index (χ3n) is 6.79. The number of anilines is 2. The van der Waals surface area contributed by atoms with Gasteiger partial charge in [0, 0.05) is 62.2 Å². The molecule has 0 N–H and O–H groups in total. The van der Waals surface area contributed by atoms with Crippen LogP contribution in [0.3, 0.4) is 0 Å². The third-order valence-corrected chi connectivity index (χ3v) is 7.86. The zero-order valence-electron chi connectivity index (χ0n) is 19.9. The average Bonchev–Trinajstić information content (AvgIpc) is 3.38. The first-order valence-electron chi connectivity index (χ1n) is 12.1. The van der Waals surface area contributed by atoms with Crippen LogP contribution in [0.5, 0.6) is 5.75 Å². The number of halogens is 1. The van der Waals surface area contributed by atoms with Gasteiger partial charge < -0.3 is 19.4 Å². The van der Waals surface area contributed by atoms with Gasteiger partial charge in [0.25, 0.3) is 0 Å². The maximum Gasteiger partial charge on any atom is 0.227 e. The molecule has 3 aromatic rings. The Kier molecular flexibility index (Phi) is 7.39. The summed E-state index contributed by atoms with van der Waals surface area (Å²) in [5.74, 6) is 1.96. The summed E-state index contributed by atoms with van der Waals surface area (Å²) in [6, 6.07) is 15.9. The number of hydrogen-bond donors (Lipinski definition) is 0. The van der Waals surface area contributed by atoms with Crippen molar-refractivity contribution in [1.29, 1.82) is 0 Å². The maximum absolute atomic E-state index is 13.4. The summed E-state index contributed by atoms with van der Waals surface area (Å²) in [4.78, 5) is 24.7. The van der Waals surface area contributed by atoms with Crippen molar-refractivity contribution in [2.24, 2.45) is 5.92 Å². The molecule has 2 aliphatic rings. The summed E-state index contributed by atoms with van der Waals surface area (Å²) in [6.45, 7) is 4.72. The predicted octanol–water partition coefficient (Wildman–Crippen LogP) is 4.36.